The van der Waals surface area contributed by atoms with Crippen LogP contribution in [0.25, 0.3) is 0 Å². The van der Waals surface area contributed by atoms with E-state index < -0.39 is 29.4 Å². The number of aryl methyl sites for hydroxylation is 1. The molecule has 0 bridgehead atoms. The third-order valence-corrected chi connectivity index (χ3v) is 3.99. The summed E-state index contributed by atoms with van der Waals surface area (Å²) in [7, 11) is 1.56. The van der Waals surface area contributed by atoms with Gasteiger partial charge in [0.05, 0.1) is 7.11 Å². The first-order valence-corrected chi connectivity index (χ1v) is 6.82. The van der Waals surface area contributed by atoms with Crippen LogP contribution in [0.3, 0.4) is 0 Å². The number of imide groups is 1. The smallest absolute Gasteiger partial charge is 0.326 e. The number of carbonyl (C=O) groups is 3. The van der Waals surface area contributed by atoms with Crippen LogP contribution in [0.5, 0.6) is 5.75 Å². The molecular formula is C15H19N3O4. The van der Waals surface area contributed by atoms with E-state index in [1.54, 1.807) is 32.2 Å². The predicted octanol–water partition coefficient (Wildman–Crippen LogP) is 0.644. The average Bonchev–Trinajstić information content (AvgIpc) is 2.69. The fraction of sp³-hybridized carbons (Fsp3) is 0.400. The van der Waals surface area contributed by atoms with Gasteiger partial charge in [-0.1, -0.05) is 6.07 Å². The van der Waals surface area contributed by atoms with E-state index in [0.29, 0.717) is 11.3 Å². The molecule has 3 N–H and O–H groups in total. The number of nitrogens with two attached hydrogens (primary N) is 1. The Morgan fingerprint density at radius 3 is 2.55 bits per heavy atom. The van der Waals surface area contributed by atoms with E-state index in [1.165, 1.54) is 6.92 Å². The van der Waals surface area contributed by atoms with Gasteiger partial charge in [0.25, 0.3) is 5.91 Å². The highest BCUT2D eigenvalue weighted by atomic mass is 16.5. The van der Waals surface area contributed by atoms with Gasteiger partial charge in [0.2, 0.25) is 5.91 Å². The summed E-state index contributed by atoms with van der Waals surface area (Å²) in [6, 6.07) is 3.58. The number of methoxy groups -OCH3 is 1. The van der Waals surface area contributed by atoms with Crippen molar-refractivity contribution in [2.24, 2.45) is 5.73 Å². The molecule has 1 aromatic carbocycles. The lowest BCUT2D eigenvalue weighted by molar-refractivity contribution is -0.136. The summed E-state index contributed by atoms with van der Waals surface area (Å²) < 4.78 is 5.19. The third kappa shape index (κ3) is 2.28. The number of benzene rings is 1. The Morgan fingerprint density at radius 2 is 2.05 bits per heavy atom. The monoisotopic (exact) mass is 305 g/mol. The van der Waals surface area contributed by atoms with Crippen molar-refractivity contribution in [2.45, 2.75) is 32.4 Å². The molecule has 4 amide bonds. The van der Waals surface area contributed by atoms with Crippen molar-refractivity contribution in [1.82, 2.24) is 10.2 Å². The summed E-state index contributed by atoms with van der Waals surface area (Å²) in [5, 5.41) is 2.64. The second kappa shape index (κ2) is 5.32. The summed E-state index contributed by atoms with van der Waals surface area (Å²) in [6.45, 7) is 4.86. The number of rotatable bonds is 4. The lowest BCUT2D eigenvalue weighted by atomic mass is 9.90. The molecule has 1 fully saturated rings. The molecule has 7 nitrogen and oxygen atoms in total. The van der Waals surface area contributed by atoms with Gasteiger partial charge in [0, 0.05) is 0 Å². The summed E-state index contributed by atoms with van der Waals surface area (Å²) in [5.74, 6) is -0.557. The Hall–Kier alpha value is -2.57. The van der Waals surface area contributed by atoms with Crippen molar-refractivity contribution < 1.29 is 19.1 Å². The number of hydrogen-bond acceptors (Lipinski definition) is 4. The van der Waals surface area contributed by atoms with Crippen LogP contribution in [-0.4, -0.2) is 35.9 Å². The zero-order valence-corrected chi connectivity index (χ0v) is 13.0. The summed E-state index contributed by atoms with van der Waals surface area (Å²) in [5.41, 5.74) is 5.41. The lowest BCUT2D eigenvalue weighted by Crippen LogP contribution is -2.47. The Kier molecular flexibility index (Phi) is 3.83. The third-order valence-electron chi connectivity index (χ3n) is 3.99. The van der Waals surface area contributed by atoms with Crippen LogP contribution >= 0.6 is 0 Å². The maximum atomic E-state index is 12.7. The summed E-state index contributed by atoms with van der Waals surface area (Å²) in [4.78, 5) is 36.9. The molecule has 7 heteroatoms. The van der Waals surface area contributed by atoms with E-state index in [2.05, 4.69) is 5.32 Å². The zero-order valence-electron chi connectivity index (χ0n) is 13.0. The number of ether oxygens (including phenoxy) is 1. The molecule has 1 saturated heterocycles. The summed E-state index contributed by atoms with van der Waals surface area (Å²) >= 11 is 0. The van der Waals surface area contributed by atoms with Crippen LogP contribution in [0, 0.1) is 6.92 Å². The molecule has 2 atom stereocenters. The quantitative estimate of drug-likeness (QED) is 0.797. The molecule has 2 rings (SSSR count). The molecule has 0 radical (unpaired) electrons. The predicted molar refractivity (Wildman–Crippen MR) is 79.1 cm³/mol. The molecule has 118 valence electrons. The molecule has 1 heterocycles. The molecule has 1 aliphatic rings. The van der Waals surface area contributed by atoms with Gasteiger partial charge in [-0.25, -0.2) is 9.69 Å². The zero-order chi connectivity index (χ0) is 16.7. The maximum Gasteiger partial charge on any atom is 0.326 e. The minimum atomic E-state index is -1.24. The molecule has 22 heavy (non-hydrogen) atoms. The van der Waals surface area contributed by atoms with E-state index in [-0.39, 0.29) is 0 Å². The first-order chi connectivity index (χ1) is 10.2. The highest BCUT2D eigenvalue weighted by Gasteiger charge is 2.51. The fourth-order valence-electron chi connectivity index (χ4n) is 2.52. The second-order valence-electron chi connectivity index (χ2n) is 5.49. The van der Waals surface area contributed by atoms with Gasteiger partial charge < -0.3 is 15.8 Å². The molecule has 1 aromatic rings. The average molecular weight is 305 g/mol. The minimum absolute atomic E-state index is 0.506. The van der Waals surface area contributed by atoms with Gasteiger partial charge >= 0.3 is 6.03 Å². The minimum Gasteiger partial charge on any atom is -0.496 e. The molecule has 0 saturated carbocycles. The Morgan fingerprint density at radius 1 is 1.41 bits per heavy atom. The van der Waals surface area contributed by atoms with Crippen LogP contribution < -0.4 is 15.8 Å². The Labute approximate surface area is 128 Å². The summed E-state index contributed by atoms with van der Waals surface area (Å²) in [6.07, 6.45) is 0. The van der Waals surface area contributed by atoms with E-state index in [1.807, 2.05) is 6.92 Å². The number of carbonyl (C=O) groups excluding carboxylic acids is 3. The first-order valence-electron chi connectivity index (χ1n) is 6.82. The number of hydrogen-bond donors (Lipinski definition) is 2. The lowest BCUT2D eigenvalue weighted by Gasteiger charge is -2.24. The van der Waals surface area contributed by atoms with Crippen molar-refractivity contribution >= 4 is 17.8 Å². The van der Waals surface area contributed by atoms with Crippen LogP contribution in [0.1, 0.15) is 25.0 Å². The highest BCUT2D eigenvalue weighted by Crippen LogP contribution is 2.32. The van der Waals surface area contributed by atoms with Gasteiger partial charge in [-0.2, -0.15) is 0 Å². The second-order valence-corrected chi connectivity index (χ2v) is 5.49. The largest absolute Gasteiger partial charge is 0.496 e. The molecule has 0 aliphatic carbocycles. The standard InChI is InChI=1S/C15H19N3O4/c1-8-7-10(5-6-11(8)22-4)15(3)13(20)18(14(21)17-15)9(2)12(16)19/h5-7,9H,1-4H3,(H2,16,19)(H,17,21). The van der Waals surface area contributed by atoms with Crippen molar-refractivity contribution in [1.29, 1.82) is 0 Å². The van der Waals surface area contributed by atoms with Crippen LogP contribution in [0.2, 0.25) is 0 Å². The highest BCUT2D eigenvalue weighted by molar-refractivity contribution is 6.09. The maximum absolute atomic E-state index is 12.7. The first kappa shape index (κ1) is 15.8. The number of nitrogens with one attached hydrogen (secondary N) is 1. The van der Waals surface area contributed by atoms with Crippen molar-refractivity contribution in [3.63, 3.8) is 0 Å². The van der Waals surface area contributed by atoms with Crippen molar-refractivity contribution in [3.8, 4) is 5.75 Å². The molecule has 0 aromatic heterocycles. The number of primary amides is 1. The number of urea groups is 1. The van der Waals surface area contributed by atoms with Gasteiger partial charge in [0.1, 0.15) is 17.3 Å². The van der Waals surface area contributed by atoms with Crippen LogP contribution in [-0.2, 0) is 15.1 Å². The van der Waals surface area contributed by atoms with Crippen LogP contribution in [0.15, 0.2) is 18.2 Å². The normalized spacial score (nSPS) is 22.5. The van der Waals surface area contributed by atoms with E-state index in [4.69, 9.17) is 10.5 Å². The van der Waals surface area contributed by atoms with E-state index in [0.717, 1.165) is 10.5 Å². The van der Waals surface area contributed by atoms with Gasteiger partial charge in [-0.15, -0.1) is 0 Å². The van der Waals surface area contributed by atoms with E-state index >= 15 is 0 Å². The Balaban J connectivity index is 2.43. The van der Waals surface area contributed by atoms with Gasteiger partial charge in [-0.05, 0) is 44.0 Å². The Bertz CT molecular complexity index is 658. The fourth-order valence-corrected chi connectivity index (χ4v) is 2.52. The van der Waals surface area contributed by atoms with E-state index in [9.17, 15) is 14.4 Å². The van der Waals surface area contributed by atoms with Crippen molar-refractivity contribution in [2.75, 3.05) is 7.11 Å². The number of amides is 4. The number of nitrogens with zero attached hydrogens (tertiary/aromatic N) is 1. The molecule has 2 unspecified atom stereocenters. The van der Waals surface area contributed by atoms with Gasteiger partial charge in [-0.3, -0.25) is 9.59 Å². The molecule has 1 aliphatic heterocycles. The van der Waals surface area contributed by atoms with Gasteiger partial charge in [0.15, 0.2) is 0 Å². The molecular weight excluding hydrogens is 286 g/mol. The topological polar surface area (TPSA) is 102 Å². The van der Waals surface area contributed by atoms with Crippen molar-refractivity contribution in [3.05, 3.63) is 29.3 Å². The SMILES string of the molecule is COc1ccc(C2(C)NC(=O)N(C(C)C(N)=O)C2=O)cc1C. The van der Waals surface area contributed by atoms with Crippen LogP contribution in [0.4, 0.5) is 4.79 Å². The molecule has 0 spiro atoms.